The van der Waals surface area contributed by atoms with Crippen LogP contribution in [-0.4, -0.2) is 25.6 Å². The Kier molecular flexibility index (Phi) is 4.55. The predicted octanol–water partition coefficient (Wildman–Crippen LogP) is 1.72. The monoisotopic (exact) mass is 281 g/mol. The quantitative estimate of drug-likeness (QED) is 0.835. The van der Waals surface area contributed by atoms with Crippen molar-refractivity contribution >= 4 is 11.9 Å². The van der Waals surface area contributed by atoms with E-state index >= 15 is 0 Å². The van der Waals surface area contributed by atoms with Crippen molar-refractivity contribution < 1.29 is 23.5 Å². The highest BCUT2D eigenvalue weighted by molar-refractivity contribution is 5.77. The van der Waals surface area contributed by atoms with Crippen LogP contribution in [0.15, 0.2) is 18.2 Å². The lowest BCUT2D eigenvalue weighted by Crippen LogP contribution is -2.29. The Balaban J connectivity index is 1.87. The molecule has 0 radical (unpaired) electrons. The first-order valence-corrected chi connectivity index (χ1v) is 6.39. The number of hydrogen-bond donors (Lipinski definition) is 1. The van der Waals surface area contributed by atoms with E-state index < -0.39 is 6.04 Å². The third kappa shape index (κ3) is 3.26. The molecule has 0 saturated carbocycles. The first kappa shape index (κ1) is 14.3. The standard InChI is InChI=1S/C14H16FNO4/c1-19-13(18)7-3-6-12(17)16-10-8-20-11-5-2-4-9(15)14(10)11/h2,4-5,10H,3,6-8H2,1H3,(H,16,17). The largest absolute Gasteiger partial charge is 0.491 e. The second-order valence-corrected chi connectivity index (χ2v) is 4.51. The Morgan fingerprint density at radius 3 is 3.00 bits per heavy atom. The van der Waals surface area contributed by atoms with Crippen LogP contribution in [0.25, 0.3) is 0 Å². The molecule has 6 heteroatoms. The molecule has 1 aliphatic heterocycles. The molecule has 108 valence electrons. The first-order chi connectivity index (χ1) is 9.61. The van der Waals surface area contributed by atoms with Crippen LogP contribution in [0.3, 0.4) is 0 Å². The third-order valence-electron chi connectivity index (χ3n) is 3.11. The van der Waals surface area contributed by atoms with E-state index in [0.29, 0.717) is 17.7 Å². The summed E-state index contributed by atoms with van der Waals surface area (Å²) < 4.78 is 23.5. The summed E-state index contributed by atoms with van der Waals surface area (Å²) in [5, 5.41) is 2.71. The number of esters is 1. The lowest BCUT2D eigenvalue weighted by Gasteiger charge is -2.12. The van der Waals surface area contributed by atoms with Crippen molar-refractivity contribution in [1.29, 1.82) is 0 Å². The summed E-state index contributed by atoms with van der Waals surface area (Å²) in [5.41, 5.74) is 0.383. The van der Waals surface area contributed by atoms with Crippen molar-refractivity contribution in [2.24, 2.45) is 0 Å². The highest BCUT2D eigenvalue weighted by Gasteiger charge is 2.28. The van der Waals surface area contributed by atoms with Crippen LogP contribution >= 0.6 is 0 Å². The maximum atomic E-state index is 13.7. The van der Waals surface area contributed by atoms with Gasteiger partial charge in [-0.3, -0.25) is 9.59 Å². The highest BCUT2D eigenvalue weighted by atomic mass is 19.1. The van der Waals surface area contributed by atoms with Gasteiger partial charge in [0.25, 0.3) is 0 Å². The van der Waals surface area contributed by atoms with Gasteiger partial charge in [-0.05, 0) is 18.6 Å². The van der Waals surface area contributed by atoms with Crippen molar-refractivity contribution in [3.05, 3.63) is 29.6 Å². The summed E-state index contributed by atoms with van der Waals surface area (Å²) >= 11 is 0. The molecule has 1 aromatic rings. The zero-order valence-corrected chi connectivity index (χ0v) is 11.1. The van der Waals surface area contributed by atoms with E-state index in [1.165, 1.54) is 13.2 Å². The fraction of sp³-hybridized carbons (Fsp3) is 0.429. The smallest absolute Gasteiger partial charge is 0.305 e. The molecule has 1 amide bonds. The molecule has 0 aromatic heterocycles. The Morgan fingerprint density at radius 1 is 1.45 bits per heavy atom. The summed E-state index contributed by atoms with van der Waals surface area (Å²) in [4.78, 5) is 22.7. The van der Waals surface area contributed by atoms with Gasteiger partial charge in [-0.1, -0.05) is 6.07 Å². The van der Waals surface area contributed by atoms with Crippen molar-refractivity contribution in [3.8, 4) is 5.75 Å². The van der Waals surface area contributed by atoms with Gasteiger partial charge in [0.1, 0.15) is 18.2 Å². The molecule has 0 saturated heterocycles. The number of halogens is 1. The van der Waals surface area contributed by atoms with E-state index in [1.54, 1.807) is 12.1 Å². The summed E-state index contributed by atoms with van der Waals surface area (Å²) in [6.45, 7) is 0.221. The van der Waals surface area contributed by atoms with Gasteiger partial charge in [-0.15, -0.1) is 0 Å². The predicted molar refractivity (Wildman–Crippen MR) is 68.6 cm³/mol. The highest BCUT2D eigenvalue weighted by Crippen LogP contribution is 2.34. The van der Waals surface area contributed by atoms with Gasteiger partial charge in [0, 0.05) is 12.8 Å². The first-order valence-electron chi connectivity index (χ1n) is 6.39. The maximum absolute atomic E-state index is 13.7. The zero-order valence-electron chi connectivity index (χ0n) is 11.1. The topological polar surface area (TPSA) is 64.6 Å². The normalized spacial score (nSPS) is 16.2. The number of benzene rings is 1. The number of carbonyl (C=O) groups is 2. The van der Waals surface area contributed by atoms with E-state index in [9.17, 15) is 14.0 Å². The van der Waals surface area contributed by atoms with Crippen LogP contribution in [0.2, 0.25) is 0 Å². The number of hydrogen-bond acceptors (Lipinski definition) is 4. The van der Waals surface area contributed by atoms with Crippen molar-refractivity contribution in [2.75, 3.05) is 13.7 Å². The maximum Gasteiger partial charge on any atom is 0.305 e. The fourth-order valence-electron chi connectivity index (χ4n) is 2.11. The van der Waals surface area contributed by atoms with Crippen molar-refractivity contribution in [1.82, 2.24) is 5.32 Å². The number of amides is 1. The summed E-state index contributed by atoms with van der Waals surface area (Å²) in [6.07, 6.45) is 0.779. The molecule has 1 atom stereocenters. The van der Waals surface area contributed by atoms with Crippen molar-refractivity contribution in [2.45, 2.75) is 25.3 Å². The molecule has 20 heavy (non-hydrogen) atoms. The molecule has 1 heterocycles. The van der Waals surface area contributed by atoms with E-state index in [0.717, 1.165) is 0 Å². The van der Waals surface area contributed by atoms with E-state index in [1.807, 2.05) is 0 Å². The van der Waals surface area contributed by atoms with Crippen molar-refractivity contribution in [3.63, 3.8) is 0 Å². The van der Waals surface area contributed by atoms with Gasteiger partial charge in [0.2, 0.25) is 5.91 Å². The van der Waals surface area contributed by atoms with E-state index in [4.69, 9.17) is 4.74 Å². The Hall–Kier alpha value is -2.11. The van der Waals surface area contributed by atoms with Gasteiger partial charge in [0.15, 0.2) is 0 Å². The number of rotatable bonds is 5. The van der Waals surface area contributed by atoms with Gasteiger partial charge in [-0.25, -0.2) is 4.39 Å². The molecule has 1 unspecified atom stereocenters. The van der Waals surface area contributed by atoms with Gasteiger partial charge in [-0.2, -0.15) is 0 Å². The fourth-order valence-corrected chi connectivity index (χ4v) is 2.11. The number of methoxy groups -OCH3 is 1. The Labute approximate surface area is 116 Å². The second-order valence-electron chi connectivity index (χ2n) is 4.51. The van der Waals surface area contributed by atoms with Crippen LogP contribution < -0.4 is 10.1 Å². The van der Waals surface area contributed by atoms with Crippen LogP contribution in [0.4, 0.5) is 4.39 Å². The Morgan fingerprint density at radius 2 is 2.25 bits per heavy atom. The molecule has 0 fully saturated rings. The molecular formula is C14H16FNO4. The van der Waals surface area contributed by atoms with Gasteiger partial charge < -0.3 is 14.8 Å². The molecule has 5 nitrogen and oxygen atoms in total. The van der Waals surface area contributed by atoms with E-state index in [-0.39, 0.29) is 37.1 Å². The molecule has 0 spiro atoms. The minimum atomic E-state index is -0.475. The molecular weight excluding hydrogens is 265 g/mol. The van der Waals surface area contributed by atoms with Gasteiger partial charge >= 0.3 is 5.97 Å². The number of fused-ring (bicyclic) bond motifs is 1. The summed E-state index contributed by atoms with van der Waals surface area (Å²) in [6, 6.07) is 4.09. The zero-order chi connectivity index (χ0) is 14.5. The SMILES string of the molecule is COC(=O)CCCC(=O)NC1COc2cccc(F)c21. The summed E-state index contributed by atoms with van der Waals surface area (Å²) in [7, 11) is 1.30. The average molecular weight is 281 g/mol. The van der Waals surface area contributed by atoms with Crippen LogP contribution in [-0.2, 0) is 14.3 Å². The van der Waals surface area contributed by atoms with Gasteiger partial charge in [0.05, 0.1) is 18.7 Å². The molecule has 0 bridgehead atoms. The summed E-state index contributed by atoms with van der Waals surface area (Å²) in [5.74, 6) is -0.512. The Bertz CT molecular complexity index is 518. The second kappa shape index (κ2) is 6.36. The molecule has 1 aliphatic rings. The molecule has 1 aromatic carbocycles. The molecule has 2 rings (SSSR count). The average Bonchev–Trinajstić information content (AvgIpc) is 2.83. The van der Waals surface area contributed by atoms with Crippen LogP contribution in [0.1, 0.15) is 30.9 Å². The number of ether oxygens (including phenoxy) is 2. The molecule has 1 N–H and O–H groups in total. The lowest BCUT2D eigenvalue weighted by molar-refractivity contribution is -0.140. The third-order valence-corrected chi connectivity index (χ3v) is 3.11. The van der Waals surface area contributed by atoms with Crippen LogP contribution in [0.5, 0.6) is 5.75 Å². The molecule has 0 aliphatic carbocycles. The minimum Gasteiger partial charge on any atom is -0.491 e. The van der Waals surface area contributed by atoms with E-state index in [2.05, 4.69) is 10.1 Å². The number of nitrogens with one attached hydrogen (secondary N) is 1. The minimum absolute atomic E-state index is 0.190. The lowest BCUT2D eigenvalue weighted by atomic mass is 10.1. The van der Waals surface area contributed by atoms with Crippen LogP contribution in [0, 0.1) is 5.82 Å². The number of carbonyl (C=O) groups excluding carboxylic acids is 2.